The van der Waals surface area contributed by atoms with Crippen molar-refractivity contribution in [2.75, 3.05) is 32.3 Å². The third kappa shape index (κ3) is 8.66. The van der Waals surface area contributed by atoms with Crippen molar-refractivity contribution in [2.45, 2.75) is 83.9 Å². The van der Waals surface area contributed by atoms with E-state index in [1.807, 2.05) is 0 Å². The normalized spacial score (nSPS) is 16.6. The van der Waals surface area contributed by atoms with Crippen LogP contribution in [0.3, 0.4) is 0 Å². The number of ether oxygens (including phenoxy) is 4. The summed E-state index contributed by atoms with van der Waals surface area (Å²) >= 11 is 0. The van der Waals surface area contributed by atoms with Crippen LogP contribution in [0.4, 0.5) is 41.6 Å². The molecule has 0 aromatic heterocycles. The van der Waals surface area contributed by atoms with Crippen LogP contribution in [0.25, 0.3) is 0 Å². The number of alkyl halides is 6. The molecule has 3 rings (SSSR count). The van der Waals surface area contributed by atoms with E-state index in [2.05, 4.69) is 6.92 Å². The number of carbonyl (C=O) groups is 2. The molecule has 0 bridgehead atoms. The molecule has 250 valence electrons. The SMILES string of the molecule is CCCCCCOc1cc2c(cc1OC)[C@H](N(Cc1cc(C(F)(F)F)cc(C(F)(F)F)c1)C(=O)OC)C[C@H](C)N2C(=O)OCC. The number of benzene rings is 2. The minimum absolute atomic E-state index is 0.0236. The summed E-state index contributed by atoms with van der Waals surface area (Å²) in [5, 5.41) is 0. The van der Waals surface area contributed by atoms with Crippen molar-refractivity contribution in [3.63, 3.8) is 0 Å². The highest BCUT2D eigenvalue weighted by Crippen LogP contribution is 2.47. The number of amides is 2. The lowest BCUT2D eigenvalue weighted by Gasteiger charge is -2.42. The van der Waals surface area contributed by atoms with E-state index in [0.717, 1.165) is 37.7 Å². The van der Waals surface area contributed by atoms with E-state index in [9.17, 15) is 35.9 Å². The van der Waals surface area contributed by atoms with Gasteiger partial charge in [-0.15, -0.1) is 0 Å². The number of nitrogens with zero attached hydrogens (tertiary/aromatic N) is 2. The molecule has 2 amide bonds. The summed E-state index contributed by atoms with van der Waals surface area (Å²) in [6, 6.07) is 2.70. The second-order valence-electron chi connectivity index (χ2n) is 10.7. The van der Waals surface area contributed by atoms with Gasteiger partial charge >= 0.3 is 24.5 Å². The summed E-state index contributed by atoms with van der Waals surface area (Å²) in [6.45, 7) is 5.17. The highest BCUT2D eigenvalue weighted by atomic mass is 19.4. The van der Waals surface area contributed by atoms with Gasteiger partial charge in [0.05, 0.1) is 50.3 Å². The summed E-state index contributed by atoms with van der Waals surface area (Å²) in [7, 11) is 2.45. The average molecular weight is 649 g/mol. The minimum Gasteiger partial charge on any atom is -0.493 e. The number of hydrogen-bond acceptors (Lipinski definition) is 6. The Balaban J connectivity index is 2.16. The van der Waals surface area contributed by atoms with E-state index >= 15 is 0 Å². The van der Waals surface area contributed by atoms with E-state index in [-0.39, 0.29) is 30.5 Å². The van der Waals surface area contributed by atoms with Crippen molar-refractivity contribution in [2.24, 2.45) is 0 Å². The molecule has 0 radical (unpaired) electrons. The number of hydrogen-bond donors (Lipinski definition) is 0. The fraction of sp³-hybridized carbons (Fsp3) is 0.548. The van der Waals surface area contributed by atoms with Crippen LogP contribution in [-0.4, -0.2) is 50.6 Å². The second-order valence-corrected chi connectivity index (χ2v) is 10.7. The standard InChI is InChI=1S/C31H38F6N2O6/c1-6-8-9-10-11-45-27-17-25-23(16-26(27)42-4)24(12-19(3)39(25)29(41)44-7-2)38(28(40)43-5)18-20-13-21(30(32,33)34)15-22(14-20)31(35,36)37/h13-17,19,24H,6-12,18H2,1-5H3/t19-,24+/m0/s1. The number of halogens is 6. The quantitative estimate of drug-likeness (QED) is 0.179. The molecule has 1 aliphatic rings. The van der Waals surface area contributed by atoms with Crippen molar-refractivity contribution in [1.29, 1.82) is 0 Å². The zero-order valence-corrected chi connectivity index (χ0v) is 25.8. The maximum absolute atomic E-state index is 13.6. The summed E-state index contributed by atoms with van der Waals surface area (Å²) < 4.78 is 103. The van der Waals surface area contributed by atoms with Crippen molar-refractivity contribution in [3.8, 4) is 11.5 Å². The first kappa shape index (κ1) is 35.6. The number of anilines is 1. The Labute approximate surface area is 258 Å². The molecular formula is C31H38F6N2O6. The Kier molecular flexibility index (Phi) is 11.8. The van der Waals surface area contributed by atoms with Crippen molar-refractivity contribution in [3.05, 3.63) is 52.6 Å². The second kappa shape index (κ2) is 15.0. The van der Waals surface area contributed by atoms with Crippen molar-refractivity contribution < 1.29 is 54.9 Å². The van der Waals surface area contributed by atoms with E-state index in [4.69, 9.17) is 18.9 Å². The van der Waals surface area contributed by atoms with Crippen LogP contribution < -0.4 is 14.4 Å². The van der Waals surface area contributed by atoms with Gasteiger partial charge in [0.25, 0.3) is 0 Å². The molecule has 14 heteroatoms. The zero-order chi connectivity index (χ0) is 33.5. The Morgan fingerprint density at radius 3 is 2.09 bits per heavy atom. The molecule has 2 aromatic rings. The average Bonchev–Trinajstić information content (AvgIpc) is 2.97. The van der Waals surface area contributed by atoms with Crippen LogP contribution in [-0.2, 0) is 28.4 Å². The molecule has 0 aliphatic carbocycles. The first-order chi connectivity index (χ1) is 21.2. The van der Waals surface area contributed by atoms with Gasteiger partial charge in [-0.25, -0.2) is 9.59 Å². The van der Waals surface area contributed by atoms with Gasteiger partial charge in [0.2, 0.25) is 0 Å². The Hall–Kier alpha value is -3.84. The molecule has 0 spiro atoms. The molecule has 1 aliphatic heterocycles. The van der Waals surface area contributed by atoms with Gasteiger partial charge in [0, 0.05) is 24.2 Å². The molecule has 0 saturated heterocycles. The molecule has 0 saturated carbocycles. The highest BCUT2D eigenvalue weighted by Gasteiger charge is 2.42. The summed E-state index contributed by atoms with van der Waals surface area (Å²) in [5.41, 5.74) is -2.81. The van der Waals surface area contributed by atoms with Crippen LogP contribution in [0.2, 0.25) is 0 Å². The molecule has 2 aromatic carbocycles. The fourth-order valence-electron chi connectivity index (χ4n) is 5.31. The summed E-state index contributed by atoms with van der Waals surface area (Å²) in [5.74, 6) is 0.572. The summed E-state index contributed by atoms with van der Waals surface area (Å²) in [4.78, 5) is 28.7. The number of fused-ring (bicyclic) bond motifs is 1. The van der Waals surface area contributed by atoms with Crippen LogP contribution in [0.1, 0.15) is 81.2 Å². The maximum atomic E-state index is 13.6. The number of unbranched alkanes of at least 4 members (excludes halogenated alkanes) is 3. The van der Waals surface area contributed by atoms with E-state index in [1.54, 1.807) is 26.0 Å². The smallest absolute Gasteiger partial charge is 0.416 e. The predicted molar refractivity (Wildman–Crippen MR) is 153 cm³/mol. The Morgan fingerprint density at radius 2 is 1.56 bits per heavy atom. The lowest BCUT2D eigenvalue weighted by atomic mass is 9.90. The number of carbonyl (C=O) groups excluding carboxylic acids is 2. The molecule has 1 heterocycles. The van der Waals surface area contributed by atoms with Crippen LogP contribution in [0, 0.1) is 0 Å². The van der Waals surface area contributed by atoms with Gasteiger partial charge in [0.15, 0.2) is 11.5 Å². The summed E-state index contributed by atoms with van der Waals surface area (Å²) in [6.07, 6.45) is -8.00. The van der Waals surface area contributed by atoms with Crippen LogP contribution >= 0.6 is 0 Å². The first-order valence-electron chi connectivity index (χ1n) is 14.6. The van der Waals surface area contributed by atoms with Gasteiger partial charge in [-0.2, -0.15) is 26.3 Å². The third-order valence-electron chi connectivity index (χ3n) is 7.44. The molecular weight excluding hydrogens is 610 g/mol. The van der Waals surface area contributed by atoms with Gasteiger partial charge in [-0.05, 0) is 56.5 Å². The lowest BCUT2D eigenvalue weighted by Crippen LogP contribution is -2.47. The van der Waals surface area contributed by atoms with Gasteiger partial charge in [-0.1, -0.05) is 26.2 Å². The predicted octanol–water partition coefficient (Wildman–Crippen LogP) is 8.76. The monoisotopic (exact) mass is 648 g/mol. The van der Waals surface area contributed by atoms with Gasteiger partial charge < -0.3 is 18.9 Å². The Morgan fingerprint density at radius 1 is 0.911 bits per heavy atom. The Bertz CT molecular complexity index is 1300. The molecule has 0 unspecified atom stereocenters. The van der Waals surface area contributed by atoms with Crippen LogP contribution in [0.5, 0.6) is 11.5 Å². The lowest BCUT2D eigenvalue weighted by molar-refractivity contribution is -0.143. The molecule has 0 fully saturated rings. The van der Waals surface area contributed by atoms with E-state index < -0.39 is 59.9 Å². The van der Waals surface area contributed by atoms with E-state index in [1.165, 1.54) is 12.0 Å². The number of methoxy groups -OCH3 is 2. The van der Waals surface area contributed by atoms with Gasteiger partial charge in [-0.3, -0.25) is 9.80 Å². The van der Waals surface area contributed by atoms with Crippen molar-refractivity contribution in [1.82, 2.24) is 4.90 Å². The first-order valence-corrected chi connectivity index (χ1v) is 14.6. The van der Waals surface area contributed by atoms with Gasteiger partial charge in [0.1, 0.15) is 0 Å². The molecule has 8 nitrogen and oxygen atoms in total. The zero-order valence-electron chi connectivity index (χ0n) is 25.8. The number of rotatable bonds is 11. The molecule has 2 atom stereocenters. The molecule has 45 heavy (non-hydrogen) atoms. The minimum atomic E-state index is -5.07. The fourth-order valence-corrected chi connectivity index (χ4v) is 5.31. The van der Waals surface area contributed by atoms with Crippen molar-refractivity contribution >= 4 is 17.9 Å². The topological polar surface area (TPSA) is 77.5 Å². The third-order valence-corrected chi connectivity index (χ3v) is 7.44. The highest BCUT2D eigenvalue weighted by molar-refractivity contribution is 5.91. The van der Waals surface area contributed by atoms with Crippen LogP contribution in [0.15, 0.2) is 30.3 Å². The largest absolute Gasteiger partial charge is 0.493 e. The maximum Gasteiger partial charge on any atom is 0.416 e. The van der Waals surface area contributed by atoms with E-state index in [0.29, 0.717) is 30.1 Å². The molecule has 0 N–H and O–H groups in total.